The Morgan fingerprint density at radius 2 is 2.17 bits per heavy atom. The molecule has 1 aromatic carbocycles. The highest BCUT2D eigenvalue weighted by atomic mass is 16.7. The molecule has 1 amide bonds. The van der Waals surface area contributed by atoms with E-state index in [2.05, 4.69) is 5.48 Å². The zero-order chi connectivity index (χ0) is 13.2. The molecule has 0 bridgehead atoms. The van der Waals surface area contributed by atoms with E-state index in [0.29, 0.717) is 13.2 Å². The smallest absolute Gasteiger partial charge is 0.267 e. The van der Waals surface area contributed by atoms with Crippen LogP contribution in [0.4, 0.5) is 0 Å². The van der Waals surface area contributed by atoms with Gasteiger partial charge in [-0.3, -0.25) is 9.63 Å². The van der Waals surface area contributed by atoms with Crippen molar-refractivity contribution in [3.63, 3.8) is 0 Å². The number of hydrogen-bond donors (Lipinski definition) is 1. The van der Waals surface area contributed by atoms with Gasteiger partial charge in [0.1, 0.15) is 5.75 Å². The van der Waals surface area contributed by atoms with Gasteiger partial charge in [-0.05, 0) is 23.8 Å². The second kappa shape index (κ2) is 8.27. The van der Waals surface area contributed by atoms with Gasteiger partial charge in [0.25, 0.3) is 5.91 Å². The van der Waals surface area contributed by atoms with E-state index in [1.807, 2.05) is 24.3 Å². The fourth-order valence-corrected chi connectivity index (χ4v) is 1.20. The summed E-state index contributed by atoms with van der Waals surface area (Å²) in [4.78, 5) is 16.2. The average Bonchev–Trinajstić information content (AvgIpc) is 2.41. The van der Waals surface area contributed by atoms with Crippen molar-refractivity contribution in [3.05, 3.63) is 35.9 Å². The molecule has 0 heterocycles. The minimum atomic E-state index is -0.325. The fraction of sp³-hybridized carbons (Fsp3) is 0.308. The Morgan fingerprint density at radius 3 is 2.89 bits per heavy atom. The average molecular weight is 251 g/mol. The lowest BCUT2D eigenvalue weighted by molar-refractivity contribution is -0.129. The quantitative estimate of drug-likeness (QED) is 0.452. The molecule has 98 valence electrons. The fourth-order valence-electron chi connectivity index (χ4n) is 1.20. The Balaban J connectivity index is 2.40. The number of carbonyl (C=O) groups is 1. The number of ether oxygens (including phenoxy) is 2. The summed E-state index contributed by atoms with van der Waals surface area (Å²) in [6, 6.07) is 7.39. The third-order valence-electron chi connectivity index (χ3n) is 2.08. The molecule has 0 aliphatic rings. The van der Waals surface area contributed by atoms with Crippen LogP contribution in [-0.4, -0.2) is 33.3 Å². The predicted molar refractivity (Wildman–Crippen MR) is 68.0 cm³/mol. The Bertz CT molecular complexity index is 404. The molecule has 0 saturated heterocycles. The summed E-state index contributed by atoms with van der Waals surface area (Å²) >= 11 is 0. The lowest BCUT2D eigenvalue weighted by Gasteiger charge is -2.02. The predicted octanol–water partition coefficient (Wildman–Crippen LogP) is 1.40. The van der Waals surface area contributed by atoms with Crippen molar-refractivity contribution in [2.24, 2.45) is 0 Å². The normalized spacial score (nSPS) is 10.6. The van der Waals surface area contributed by atoms with Gasteiger partial charge < -0.3 is 9.47 Å². The van der Waals surface area contributed by atoms with Crippen molar-refractivity contribution in [1.82, 2.24) is 5.48 Å². The summed E-state index contributed by atoms with van der Waals surface area (Å²) in [5.74, 6) is 0.419. The highest BCUT2D eigenvalue weighted by Crippen LogP contribution is 2.13. The molecule has 5 heteroatoms. The van der Waals surface area contributed by atoms with E-state index in [1.165, 1.54) is 6.08 Å². The summed E-state index contributed by atoms with van der Waals surface area (Å²) in [5, 5.41) is 0. The first-order valence-corrected chi connectivity index (χ1v) is 5.49. The first-order valence-electron chi connectivity index (χ1n) is 5.49. The van der Waals surface area contributed by atoms with Crippen LogP contribution < -0.4 is 10.2 Å². The topological polar surface area (TPSA) is 56.8 Å². The largest absolute Gasteiger partial charge is 0.497 e. The summed E-state index contributed by atoms with van der Waals surface area (Å²) < 4.78 is 9.85. The van der Waals surface area contributed by atoms with E-state index >= 15 is 0 Å². The Labute approximate surface area is 106 Å². The van der Waals surface area contributed by atoms with Crippen LogP contribution in [0.15, 0.2) is 30.3 Å². The van der Waals surface area contributed by atoms with Gasteiger partial charge in [-0.2, -0.15) is 0 Å². The molecule has 18 heavy (non-hydrogen) atoms. The molecule has 0 aliphatic carbocycles. The van der Waals surface area contributed by atoms with Crippen LogP contribution in [-0.2, 0) is 14.4 Å². The van der Waals surface area contributed by atoms with Crippen molar-refractivity contribution in [1.29, 1.82) is 0 Å². The van der Waals surface area contributed by atoms with Gasteiger partial charge in [0.15, 0.2) is 0 Å². The number of hydroxylamine groups is 1. The number of rotatable bonds is 7. The third kappa shape index (κ3) is 5.47. The molecule has 0 unspecified atom stereocenters. The van der Waals surface area contributed by atoms with Crippen molar-refractivity contribution >= 4 is 12.0 Å². The lowest BCUT2D eigenvalue weighted by atomic mass is 10.2. The monoisotopic (exact) mass is 251 g/mol. The van der Waals surface area contributed by atoms with E-state index in [-0.39, 0.29) is 5.91 Å². The van der Waals surface area contributed by atoms with Crippen molar-refractivity contribution in [2.45, 2.75) is 0 Å². The van der Waals surface area contributed by atoms with Gasteiger partial charge in [-0.25, -0.2) is 5.48 Å². The van der Waals surface area contributed by atoms with Gasteiger partial charge >= 0.3 is 0 Å². The maximum Gasteiger partial charge on any atom is 0.267 e. The number of carbonyl (C=O) groups excluding carboxylic acids is 1. The Hall–Kier alpha value is -1.85. The van der Waals surface area contributed by atoms with Crippen molar-refractivity contribution in [3.8, 4) is 5.75 Å². The zero-order valence-electron chi connectivity index (χ0n) is 10.5. The number of nitrogens with one attached hydrogen (secondary N) is 1. The van der Waals surface area contributed by atoms with Crippen molar-refractivity contribution in [2.75, 3.05) is 27.4 Å². The second-order valence-corrected chi connectivity index (χ2v) is 3.42. The molecule has 5 nitrogen and oxygen atoms in total. The van der Waals surface area contributed by atoms with E-state index in [1.54, 1.807) is 20.3 Å². The van der Waals surface area contributed by atoms with Crippen LogP contribution in [0.1, 0.15) is 5.56 Å². The maximum absolute atomic E-state index is 11.3. The first-order chi connectivity index (χ1) is 8.76. The van der Waals surface area contributed by atoms with E-state index in [4.69, 9.17) is 14.3 Å². The molecule has 0 fully saturated rings. The van der Waals surface area contributed by atoms with E-state index in [9.17, 15) is 4.79 Å². The van der Waals surface area contributed by atoms with Crippen LogP contribution in [0.2, 0.25) is 0 Å². The molecule has 0 saturated carbocycles. The van der Waals surface area contributed by atoms with Gasteiger partial charge in [-0.1, -0.05) is 12.1 Å². The SMILES string of the molecule is COCCONC(=O)/C=C/c1cccc(OC)c1. The van der Waals surface area contributed by atoms with Crippen LogP contribution in [0.5, 0.6) is 5.75 Å². The van der Waals surface area contributed by atoms with Crippen LogP contribution in [0.25, 0.3) is 6.08 Å². The van der Waals surface area contributed by atoms with Gasteiger partial charge in [-0.15, -0.1) is 0 Å². The molecule has 0 radical (unpaired) electrons. The summed E-state index contributed by atoms with van der Waals surface area (Å²) in [7, 11) is 3.16. The number of amides is 1. The lowest BCUT2D eigenvalue weighted by Crippen LogP contribution is -2.23. The minimum absolute atomic E-state index is 0.315. The molecule has 1 aromatic rings. The summed E-state index contributed by atoms with van der Waals surface area (Å²) in [6.45, 7) is 0.745. The van der Waals surface area contributed by atoms with Crippen LogP contribution >= 0.6 is 0 Å². The van der Waals surface area contributed by atoms with E-state index < -0.39 is 0 Å². The molecular weight excluding hydrogens is 234 g/mol. The van der Waals surface area contributed by atoms with Crippen molar-refractivity contribution < 1.29 is 19.1 Å². The van der Waals surface area contributed by atoms with Crippen LogP contribution in [0, 0.1) is 0 Å². The van der Waals surface area contributed by atoms with Gasteiger partial charge in [0.05, 0.1) is 20.3 Å². The van der Waals surface area contributed by atoms with Gasteiger partial charge in [0, 0.05) is 13.2 Å². The second-order valence-electron chi connectivity index (χ2n) is 3.42. The Morgan fingerprint density at radius 1 is 1.33 bits per heavy atom. The molecule has 0 atom stereocenters. The molecule has 1 N–H and O–H groups in total. The highest BCUT2D eigenvalue weighted by Gasteiger charge is 1.96. The molecule has 0 aromatic heterocycles. The zero-order valence-corrected chi connectivity index (χ0v) is 10.5. The third-order valence-corrected chi connectivity index (χ3v) is 2.08. The summed E-state index contributed by atoms with van der Waals surface area (Å²) in [5.41, 5.74) is 3.16. The minimum Gasteiger partial charge on any atom is -0.497 e. The number of hydrogen-bond acceptors (Lipinski definition) is 4. The molecule has 1 rings (SSSR count). The van der Waals surface area contributed by atoms with Gasteiger partial charge in [0.2, 0.25) is 0 Å². The van der Waals surface area contributed by atoms with E-state index in [0.717, 1.165) is 11.3 Å². The standard InChI is InChI=1S/C13H17NO4/c1-16-8-9-18-14-13(15)7-6-11-4-3-5-12(10-11)17-2/h3-7,10H,8-9H2,1-2H3,(H,14,15)/b7-6+. The van der Waals surface area contributed by atoms with Crippen LogP contribution in [0.3, 0.4) is 0 Å². The number of benzene rings is 1. The number of methoxy groups -OCH3 is 2. The first kappa shape index (κ1) is 14.2. The highest BCUT2D eigenvalue weighted by molar-refractivity contribution is 5.90. The summed E-state index contributed by atoms with van der Waals surface area (Å²) in [6.07, 6.45) is 3.07. The molecular formula is C13H17NO4. The Kier molecular flexibility index (Phi) is 6.53. The maximum atomic E-state index is 11.3. The molecule has 0 spiro atoms. The molecule has 0 aliphatic heterocycles.